The highest BCUT2D eigenvalue weighted by molar-refractivity contribution is 7.92. The molecule has 0 atom stereocenters. The van der Waals surface area contributed by atoms with Crippen LogP contribution in [0.25, 0.3) is 0 Å². The molecule has 1 amide bonds. The van der Waals surface area contributed by atoms with Gasteiger partial charge in [-0.15, -0.1) is 10.2 Å². The van der Waals surface area contributed by atoms with Crippen molar-refractivity contribution in [1.29, 1.82) is 0 Å². The number of anilines is 3. The summed E-state index contributed by atoms with van der Waals surface area (Å²) in [5.74, 6) is 1.00. The lowest BCUT2D eigenvalue weighted by molar-refractivity contribution is 0.102. The van der Waals surface area contributed by atoms with Crippen LogP contribution in [0.15, 0.2) is 47.4 Å². The maximum Gasteiger partial charge on any atom is 0.276 e. The van der Waals surface area contributed by atoms with Crippen molar-refractivity contribution in [2.75, 3.05) is 28.0 Å². The number of hydrogen-bond donors (Lipinski definition) is 2. The number of aromatic nitrogens is 4. The van der Waals surface area contributed by atoms with Gasteiger partial charge in [0, 0.05) is 30.5 Å². The van der Waals surface area contributed by atoms with Gasteiger partial charge in [0.2, 0.25) is 0 Å². The maximum absolute atomic E-state index is 12.6. The number of carbonyl (C=O) groups excluding carboxylic acids is 1. The third-order valence-corrected chi connectivity index (χ3v) is 6.31. The first-order valence-electron chi connectivity index (χ1n) is 10.2. The molecule has 11 heteroatoms. The lowest BCUT2D eigenvalue weighted by Gasteiger charge is -2.15. The predicted molar refractivity (Wildman–Crippen MR) is 120 cm³/mol. The van der Waals surface area contributed by atoms with Gasteiger partial charge in [-0.2, -0.15) is 0 Å². The van der Waals surface area contributed by atoms with Crippen LogP contribution in [0.5, 0.6) is 0 Å². The van der Waals surface area contributed by atoms with E-state index in [0.29, 0.717) is 17.2 Å². The molecule has 0 saturated carbocycles. The number of rotatable bonds is 6. The van der Waals surface area contributed by atoms with E-state index in [1.54, 1.807) is 32.0 Å². The second kappa shape index (κ2) is 8.87. The standard InChI is InChI=1S/C21H23N7O3S/c1-14-13-19(23-15(2)22-14)27-32(30,31)17-7-5-16(6-8-17)24-21(29)18-9-10-20(26-25-18)28-11-3-4-12-28/h5-10,13H,3-4,11-12H2,1-2H3,(H,24,29)(H,22,23,27). The number of carbonyl (C=O) groups is 1. The highest BCUT2D eigenvalue weighted by Crippen LogP contribution is 2.19. The van der Waals surface area contributed by atoms with Crippen LogP contribution >= 0.6 is 0 Å². The van der Waals surface area contributed by atoms with Crippen LogP contribution in [0.4, 0.5) is 17.3 Å². The Morgan fingerprint density at radius 2 is 1.69 bits per heavy atom. The smallest absolute Gasteiger partial charge is 0.276 e. The third kappa shape index (κ3) is 4.99. The molecule has 0 bridgehead atoms. The average molecular weight is 454 g/mol. The molecule has 0 spiro atoms. The highest BCUT2D eigenvalue weighted by Gasteiger charge is 2.17. The lowest BCUT2D eigenvalue weighted by atomic mass is 10.3. The van der Waals surface area contributed by atoms with E-state index >= 15 is 0 Å². The summed E-state index contributed by atoms with van der Waals surface area (Å²) in [6.45, 7) is 5.34. The van der Waals surface area contributed by atoms with Gasteiger partial charge >= 0.3 is 0 Å². The molecule has 2 aromatic heterocycles. The zero-order valence-corrected chi connectivity index (χ0v) is 18.6. The molecular weight excluding hydrogens is 430 g/mol. The Morgan fingerprint density at radius 3 is 2.31 bits per heavy atom. The van der Waals surface area contributed by atoms with Crippen LogP contribution in [-0.2, 0) is 10.0 Å². The number of hydrogen-bond acceptors (Lipinski definition) is 8. The van der Waals surface area contributed by atoms with E-state index in [0.717, 1.165) is 31.7 Å². The summed E-state index contributed by atoms with van der Waals surface area (Å²) >= 11 is 0. The summed E-state index contributed by atoms with van der Waals surface area (Å²) in [5, 5.41) is 10.9. The lowest BCUT2D eigenvalue weighted by Crippen LogP contribution is -2.21. The summed E-state index contributed by atoms with van der Waals surface area (Å²) in [6, 6.07) is 10.8. The summed E-state index contributed by atoms with van der Waals surface area (Å²) in [5.41, 5.74) is 1.28. The van der Waals surface area contributed by atoms with Gasteiger partial charge in [-0.1, -0.05) is 0 Å². The molecule has 3 aromatic rings. The molecule has 10 nitrogen and oxygen atoms in total. The van der Waals surface area contributed by atoms with Crippen LogP contribution in [0.1, 0.15) is 34.8 Å². The largest absolute Gasteiger partial charge is 0.355 e. The SMILES string of the molecule is Cc1cc(NS(=O)(=O)c2ccc(NC(=O)c3ccc(N4CCCC4)nn3)cc2)nc(C)n1. The first-order chi connectivity index (χ1) is 15.3. The van der Waals surface area contributed by atoms with E-state index < -0.39 is 15.9 Å². The van der Waals surface area contributed by atoms with Gasteiger partial charge in [0.25, 0.3) is 15.9 Å². The predicted octanol–water partition coefficient (Wildman–Crippen LogP) is 2.54. The molecule has 1 saturated heterocycles. The van der Waals surface area contributed by atoms with Gasteiger partial charge in [-0.3, -0.25) is 9.52 Å². The van der Waals surface area contributed by atoms with Gasteiger partial charge in [0.1, 0.15) is 11.6 Å². The fourth-order valence-corrected chi connectivity index (χ4v) is 4.43. The average Bonchev–Trinajstić information content (AvgIpc) is 3.28. The Bertz CT molecular complexity index is 1200. The van der Waals surface area contributed by atoms with Gasteiger partial charge in [-0.25, -0.2) is 18.4 Å². The van der Waals surface area contributed by atoms with E-state index in [9.17, 15) is 13.2 Å². The fraction of sp³-hybridized carbons (Fsp3) is 0.286. The molecule has 1 aliphatic rings. The molecule has 4 rings (SSSR count). The highest BCUT2D eigenvalue weighted by atomic mass is 32.2. The maximum atomic E-state index is 12.6. The Kier molecular flexibility index (Phi) is 5.99. The van der Waals surface area contributed by atoms with Gasteiger partial charge < -0.3 is 10.2 Å². The normalized spacial score (nSPS) is 13.8. The first kappa shape index (κ1) is 21.6. The minimum atomic E-state index is -3.84. The second-order valence-corrected chi connectivity index (χ2v) is 9.18. The van der Waals surface area contributed by atoms with E-state index in [2.05, 4.69) is 35.1 Å². The van der Waals surface area contributed by atoms with Crippen molar-refractivity contribution in [3.8, 4) is 0 Å². The number of amides is 1. The van der Waals surface area contributed by atoms with E-state index in [1.807, 2.05) is 0 Å². The third-order valence-electron chi connectivity index (χ3n) is 4.94. The Balaban J connectivity index is 1.42. The summed E-state index contributed by atoms with van der Waals surface area (Å²) in [4.78, 5) is 22.9. The minimum Gasteiger partial charge on any atom is -0.355 e. The fourth-order valence-electron chi connectivity index (χ4n) is 3.44. The van der Waals surface area contributed by atoms with Crippen LogP contribution in [0, 0.1) is 13.8 Å². The topological polar surface area (TPSA) is 130 Å². The van der Waals surface area contributed by atoms with Crippen LogP contribution < -0.4 is 14.9 Å². The number of nitrogens with one attached hydrogen (secondary N) is 2. The molecule has 1 fully saturated rings. The van der Waals surface area contributed by atoms with Crippen molar-refractivity contribution >= 4 is 33.3 Å². The van der Waals surface area contributed by atoms with Crippen LogP contribution in [0.3, 0.4) is 0 Å². The molecule has 0 aliphatic carbocycles. The quantitative estimate of drug-likeness (QED) is 0.582. The zero-order valence-electron chi connectivity index (χ0n) is 17.7. The molecule has 2 N–H and O–H groups in total. The van der Waals surface area contributed by atoms with Crippen molar-refractivity contribution in [2.45, 2.75) is 31.6 Å². The molecule has 166 valence electrons. The van der Waals surface area contributed by atoms with E-state index in [4.69, 9.17) is 0 Å². The molecule has 1 aliphatic heterocycles. The molecular formula is C21H23N7O3S. The molecule has 0 radical (unpaired) electrons. The molecule has 0 unspecified atom stereocenters. The second-order valence-electron chi connectivity index (χ2n) is 7.50. The van der Waals surface area contributed by atoms with Crippen LogP contribution in [-0.4, -0.2) is 47.6 Å². The van der Waals surface area contributed by atoms with Gasteiger partial charge in [-0.05, 0) is 63.1 Å². The number of aryl methyl sites for hydroxylation is 2. The van der Waals surface area contributed by atoms with Crippen molar-refractivity contribution in [1.82, 2.24) is 20.2 Å². The molecule has 32 heavy (non-hydrogen) atoms. The molecule has 3 heterocycles. The van der Waals surface area contributed by atoms with Crippen molar-refractivity contribution in [2.24, 2.45) is 0 Å². The monoisotopic (exact) mass is 453 g/mol. The van der Waals surface area contributed by atoms with Gasteiger partial charge in [0.15, 0.2) is 11.5 Å². The van der Waals surface area contributed by atoms with Crippen molar-refractivity contribution < 1.29 is 13.2 Å². The van der Waals surface area contributed by atoms with Gasteiger partial charge in [0.05, 0.1) is 4.90 Å². The Morgan fingerprint density at radius 1 is 0.969 bits per heavy atom. The Labute approximate surface area is 186 Å². The summed E-state index contributed by atoms with van der Waals surface area (Å²) in [7, 11) is -3.84. The summed E-state index contributed by atoms with van der Waals surface area (Å²) < 4.78 is 27.7. The summed E-state index contributed by atoms with van der Waals surface area (Å²) in [6.07, 6.45) is 2.26. The molecule has 1 aromatic carbocycles. The number of nitrogens with zero attached hydrogens (tertiary/aromatic N) is 5. The van der Waals surface area contributed by atoms with Crippen molar-refractivity contribution in [3.05, 3.63) is 59.7 Å². The van der Waals surface area contributed by atoms with E-state index in [1.165, 1.54) is 24.3 Å². The van der Waals surface area contributed by atoms with Crippen molar-refractivity contribution in [3.63, 3.8) is 0 Å². The number of benzene rings is 1. The minimum absolute atomic E-state index is 0.0409. The van der Waals surface area contributed by atoms with Crippen LogP contribution in [0.2, 0.25) is 0 Å². The Hall–Kier alpha value is -3.60. The first-order valence-corrected chi connectivity index (χ1v) is 11.6. The zero-order chi connectivity index (χ0) is 22.7. The van der Waals surface area contributed by atoms with E-state index in [-0.39, 0.29) is 16.4 Å². The number of sulfonamides is 1.